The molecule has 11 aromatic rings. The summed E-state index contributed by atoms with van der Waals surface area (Å²) in [6, 6.07) is 85.0. The van der Waals surface area contributed by atoms with Gasteiger partial charge in [-0.05, 0) is 146 Å². The maximum absolute atomic E-state index is 2.56. The van der Waals surface area contributed by atoms with E-state index >= 15 is 0 Å². The first-order valence-electron chi connectivity index (χ1n) is 24.9. The first kappa shape index (κ1) is 42.1. The molecular weight excluding hydrogens is 843 g/mol. The second kappa shape index (κ2) is 15.5. The van der Waals surface area contributed by atoms with Crippen LogP contribution in [0.5, 0.6) is 0 Å². The molecule has 0 heterocycles. The van der Waals surface area contributed by atoms with E-state index < -0.39 is 5.41 Å². The Morgan fingerprint density at radius 1 is 0.314 bits per heavy atom. The lowest BCUT2D eigenvalue weighted by atomic mass is 9.68. The van der Waals surface area contributed by atoms with Crippen molar-refractivity contribution in [2.75, 3.05) is 4.90 Å². The van der Waals surface area contributed by atoms with Gasteiger partial charge in [0.1, 0.15) is 0 Å². The third-order valence-electron chi connectivity index (χ3n) is 15.6. The van der Waals surface area contributed by atoms with E-state index in [1.807, 2.05) is 0 Å². The second-order valence-corrected chi connectivity index (χ2v) is 21.7. The minimum absolute atomic E-state index is 0.0428. The SMILES string of the molecule is CC(C)(C)c1ccc2c(c1)C1(c3cc(C(C)(C)C)ccc3-2)c2ccccc2-c2cccc(N(c3ccc(-c4cccc5ccccc45)cc3)c3ccc(-c4cccc5c4ccc4ccccc45)cc3)c21. The first-order valence-corrected chi connectivity index (χ1v) is 24.9. The number of anilines is 3. The zero-order valence-electron chi connectivity index (χ0n) is 40.8. The quantitative estimate of drug-likeness (QED) is 0.156. The Kier molecular flexibility index (Phi) is 9.33. The van der Waals surface area contributed by atoms with Gasteiger partial charge in [0.05, 0.1) is 11.1 Å². The van der Waals surface area contributed by atoms with Crippen molar-refractivity contribution in [2.24, 2.45) is 0 Å². The van der Waals surface area contributed by atoms with E-state index in [9.17, 15) is 0 Å². The lowest BCUT2D eigenvalue weighted by Crippen LogP contribution is -2.29. The fraction of sp³-hybridized carbons (Fsp3) is 0.130. The zero-order valence-corrected chi connectivity index (χ0v) is 40.8. The molecule has 1 spiro atoms. The molecular formula is C69H55N. The van der Waals surface area contributed by atoms with Gasteiger partial charge in [0.15, 0.2) is 0 Å². The molecule has 336 valence electrons. The number of hydrogen-bond donors (Lipinski definition) is 0. The van der Waals surface area contributed by atoms with Gasteiger partial charge in [0.2, 0.25) is 0 Å². The Morgan fingerprint density at radius 2 is 0.771 bits per heavy atom. The van der Waals surface area contributed by atoms with E-state index in [2.05, 4.69) is 271 Å². The molecule has 2 aliphatic carbocycles. The molecule has 0 bridgehead atoms. The molecule has 0 saturated heterocycles. The van der Waals surface area contributed by atoms with Crippen molar-refractivity contribution >= 4 is 49.4 Å². The smallest absolute Gasteiger partial charge is 0.0746 e. The van der Waals surface area contributed by atoms with Crippen LogP contribution in [-0.4, -0.2) is 0 Å². The van der Waals surface area contributed by atoms with Crippen LogP contribution in [0.15, 0.2) is 224 Å². The molecule has 0 saturated carbocycles. The van der Waals surface area contributed by atoms with E-state index in [1.165, 1.54) is 116 Å². The van der Waals surface area contributed by atoms with Crippen molar-refractivity contribution in [3.05, 3.63) is 258 Å². The van der Waals surface area contributed by atoms with Gasteiger partial charge in [-0.15, -0.1) is 0 Å². The largest absolute Gasteiger partial charge is 0.310 e. The average molecular weight is 898 g/mol. The summed E-state index contributed by atoms with van der Waals surface area (Å²) >= 11 is 0. The maximum atomic E-state index is 2.56. The second-order valence-electron chi connectivity index (χ2n) is 21.7. The van der Waals surface area contributed by atoms with Gasteiger partial charge < -0.3 is 4.90 Å². The van der Waals surface area contributed by atoms with Crippen LogP contribution < -0.4 is 4.90 Å². The molecule has 70 heavy (non-hydrogen) atoms. The summed E-state index contributed by atoms with van der Waals surface area (Å²) in [7, 11) is 0. The maximum Gasteiger partial charge on any atom is 0.0746 e. The van der Waals surface area contributed by atoms with E-state index in [-0.39, 0.29) is 10.8 Å². The molecule has 0 amide bonds. The van der Waals surface area contributed by atoms with Crippen molar-refractivity contribution < 1.29 is 0 Å². The molecule has 1 nitrogen and oxygen atoms in total. The Balaban J connectivity index is 1.07. The van der Waals surface area contributed by atoms with Crippen molar-refractivity contribution in [3.63, 3.8) is 0 Å². The molecule has 0 fully saturated rings. The highest BCUT2D eigenvalue weighted by Crippen LogP contribution is 2.66. The summed E-state index contributed by atoms with van der Waals surface area (Å²) in [6.45, 7) is 14.1. The number of benzene rings is 11. The van der Waals surface area contributed by atoms with Crippen molar-refractivity contribution in [2.45, 2.75) is 57.8 Å². The van der Waals surface area contributed by atoms with Crippen LogP contribution in [-0.2, 0) is 16.2 Å². The molecule has 11 aromatic carbocycles. The lowest BCUT2D eigenvalue weighted by Gasteiger charge is -2.37. The summed E-state index contributed by atoms with van der Waals surface area (Å²) in [5.74, 6) is 0. The summed E-state index contributed by atoms with van der Waals surface area (Å²) in [6.07, 6.45) is 0. The third-order valence-corrected chi connectivity index (χ3v) is 15.6. The summed E-state index contributed by atoms with van der Waals surface area (Å²) in [5.41, 5.74) is 20.9. The van der Waals surface area contributed by atoms with Crippen LogP contribution in [0.1, 0.15) is 74.9 Å². The number of nitrogens with zero attached hydrogens (tertiary/aromatic N) is 1. The first-order chi connectivity index (χ1) is 34.0. The predicted octanol–water partition coefficient (Wildman–Crippen LogP) is 18.9. The highest BCUT2D eigenvalue weighted by atomic mass is 15.1. The monoisotopic (exact) mass is 897 g/mol. The van der Waals surface area contributed by atoms with Crippen LogP contribution in [0.4, 0.5) is 17.1 Å². The average Bonchev–Trinajstić information content (AvgIpc) is 3.85. The molecule has 0 radical (unpaired) electrons. The van der Waals surface area contributed by atoms with Crippen LogP contribution >= 0.6 is 0 Å². The van der Waals surface area contributed by atoms with Gasteiger partial charge in [0.25, 0.3) is 0 Å². The highest BCUT2D eigenvalue weighted by molar-refractivity contribution is 6.12. The summed E-state index contributed by atoms with van der Waals surface area (Å²) in [5, 5.41) is 7.59. The lowest BCUT2D eigenvalue weighted by molar-refractivity contribution is 0.586. The molecule has 0 aromatic heterocycles. The van der Waals surface area contributed by atoms with Crippen molar-refractivity contribution in [1.29, 1.82) is 0 Å². The van der Waals surface area contributed by atoms with Gasteiger partial charge in [0, 0.05) is 16.9 Å². The normalized spacial score (nSPS) is 13.4. The van der Waals surface area contributed by atoms with Gasteiger partial charge >= 0.3 is 0 Å². The Hall–Kier alpha value is -8.00. The number of rotatable bonds is 5. The van der Waals surface area contributed by atoms with Gasteiger partial charge in [-0.2, -0.15) is 0 Å². The highest BCUT2D eigenvalue weighted by Gasteiger charge is 2.54. The van der Waals surface area contributed by atoms with Crippen LogP contribution in [0, 0.1) is 0 Å². The van der Waals surface area contributed by atoms with Gasteiger partial charge in [-0.3, -0.25) is 0 Å². The molecule has 0 unspecified atom stereocenters. The van der Waals surface area contributed by atoms with Crippen LogP contribution in [0.25, 0.3) is 76.8 Å². The molecule has 13 rings (SSSR count). The van der Waals surface area contributed by atoms with E-state index in [0.29, 0.717) is 0 Å². The minimum Gasteiger partial charge on any atom is -0.310 e. The zero-order chi connectivity index (χ0) is 47.5. The molecule has 0 atom stereocenters. The fourth-order valence-electron chi connectivity index (χ4n) is 12.1. The van der Waals surface area contributed by atoms with Crippen molar-refractivity contribution in [1.82, 2.24) is 0 Å². The topological polar surface area (TPSA) is 3.24 Å². The predicted molar refractivity (Wildman–Crippen MR) is 298 cm³/mol. The van der Waals surface area contributed by atoms with Crippen LogP contribution in [0.2, 0.25) is 0 Å². The Bertz CT molecular complexity index is 3820. The molecule has 2 aliphatic rings. The van der Waals surface area contributed by atoms with Gasteiger partial charge in [-0.25, -0.2) is 0 Å². The third kappa shape index (κ3) is 6.31. The molecule has 0 aliphatic heterocycles. The van der Waals surface area contributed by atoms with Crippen LogP contribution in [0.3, 0.4) is 0 Å². The molecule has 0 N–H and O–H groups in total. The Labute approximate surface area is 412 Å². The number of fused-ring (bicyclic) bond motifs is 14. The van der Waals surface area contributed by atoms with E-state index in [1.54, 1.807) is 0 Å². The van der Waals surface area contributed by atoms with E-state index in [0.717, 1.165) is 11.4 Å². The summed E-state index contributed by atoms with van der Waals surface area (Å²) < 4.78 is 0. The minimum atomic E-state index is -0.581. The standard InChI is InChI=1S/C69H55N/c1-67(2,3)48-33-40-59-60-41-34-49(68(4,5)6)43-64(60)69(63(59)42-48)62-26-12-11-21-58(62)61-25-15-27-65(66(61)69)70(50-35-28-46(29-36-50)53-22-13-18-44-16-7-9-19-52(44)53)51-37-30-47(31-38-51)55-23-14-24-56-54-20-10-8-17-45(54)32-39-57(55)56/h7-43H,1-6H3. The fourth-order valence-corrected chi connectivity index (χ4v) is 12.1. The number of hydrogen-bond acceptors (Lipinski definition) is 1. The summed E-state index contributed by atoms with van der Waals surface area (Å²) in [4.78, 5) is 2.54. The van der Waals surface area contributed by atoms with Crippen molar-refractivity contribution in [3.8, 4) is 44.5 Å². The Morgan fingerprint density at radius 3 is 1.40 bits per heavy atom. The van der Waals surface area contributed by atoms with E-state index in [4.69, 9.17) is 0 Å². The van der Waals surface area contributed by atoms with Gasteiger partial charge in [-0.1, -0.05) is 236 Å². The molecule has 1 heteroatoms.